The SMILES string of the molecule is C[C@H](CO)NC(=O)C1CSCCN1. The smallest absolute Gasteiger partial charge is 0.238 e. The molecule has 1 saturated heterocycles. The van der Waals surface area contributed by atoms with E-state index in [4.69, 9.17) is 5.11 Å². The Morgan fingerprint density at radius 1 is 1.85 bits per heavy atom. The van der Waals surface area contributed by atoms with Crippen LogP contribution in [0.15, 0.2) is 0 Å². The fourth-order valence-electron chi connectivity index (χ4n) is 1.12. The van der Waals surface area contributed by atoms with Gasteiger partial charge in [0, 0.05) is 24.1 Å². The highest BCUT2D eigenvalue weighted by Gasteiger charge is 2.21. The van der Waals surface area contributed by atoms with E-state index in [0.717, 1.165) is 18.1 Å². The molecule has 1 fully saturated rings. The number of carbonyl (C=O) groups is 1. The molecule has 0 spiro atoms. The Bertz CT molecular complexity index is 172. The van der Waals surface area contributed by atoms with Gasteiger partial charge in [-0.3, -0.25) is 4.79 Å². The lowest BCUT2D eigenvalue weighted by atomic mass is 10.2. The summed E-state index contributed by atoms with van der Waals surface area (Å²) in [5, 5.41) is 14.6. The molecule has 5 heteroatoms. The molecule has 1 unspecified atom stereocenters. The van der Waals surface area contributed by atoms with Crippen LogP contribution < -0.4 is 10.6 Å². The molecule has 0 saturated carbocycles. The van der Waals surface area contributed by atoms with Crippen molar-refractivity contribution in [2.24, 2.45) is 0 Å². The van der Waals surface area contributed by atoms with Gasteiger partial charge in [-0.15, -0.1) is 0 Å². The third kappa shape index (κ3) is 3.54. The summed E-state index contributed by atoms with van der Waals surface area (Å²) >= 11 is 1.78. The first-order valence-electron chi connectivity index (χ1n) is 4.46. The minimum Gasteiger partial charge on any atom is -0.394 e. The molecule has 1 aliphatic heterocycles. The van der Waals surface area contributed by atoms with Crippen LogP contribution in [-0.4, -0.2) is 47.8 Å². The highest BCUT2D eigenvalue weighted by Crippen LogP contribution is 2.07. The maximum atomic E-state index is 11.5. The molecule has 0 aromatic rings. The van der Waals surface area contributed by atoms with Crippen molar-refractivity contribution in [3.05, 3.63) is 0 Å². The third-order valence-electron chi connectivity index (χ3n) is 1.90. The number of carbonyl (C=O) groups excluding carboxylic acids is 1. The highest BCUT2D eigenvalue weighted by molar-refractivity contribution is 7.99. The van der Waals surface area contributed by atoms with E-state index in [0.29, 0.717) is 0 Å². The van der Waals surface area contributed by atoms with Gasteiger partial charge in [0.1, 0.15) is 0 Å². The van der Waals surface area contributed by atoms with Crippen molar-refractivity contribution in [2.45, 2.75) is 19.0 Å². The van der Waals surface area contributed by atoms with E-state index in [9.17, 15) is 4.79 Å². The van der Waals surface area contributed by atoms with Gasteiger partial charge in [-0.1, -0.05) is 0 Å². The maximum absolute atomic E-state index is 11.5. The van der Waals surface area contributed by atoms with Crippen LogP contribution in [-0.2, 0) is 4.79 Å². The molecule has 0 radical (unpaired) electrons. The minimum atomic E-state index is -0.152. The van der Waals surface area contributed by atoms with Crippen LogP contribution in [0.2, 0.25) is 0 Å². The quantitative estimate of drug-likeness (QED) is 0.562. The van der Waals surface area contributed by atoms with Gasteiger partial charge < -0.3 is 15.7 Å². The van der Waals surface area contributed by atoms with Gasteiger partial charge in [0.05, 0.1) is 12.6 Å². The summed E-state index contributed by atoms with van der Waals surface area (Å²) in [6.07, 6.45) is 0. The first-order chi connectivity index (χ1) is 6.24. The largest absolute Gasteiger partial charge is 0.394 e. The standard InChI is InChI=1S/C8H16N2O2S/c1-6(4-11)10-8(12)7-5-13-3-2-9-7/h6-7,9,11H,2-5H2,1H3,(H,10,12)/t6-,7?/m1/s1. The Morgan fingerprint density at radius 2 is 2.62 bits per heavy atom. The molecule has 0 aromatic heterocycles. The second kappa shape index (κ2) is 5.47. The summed E-state index contributed by atoms with van der Waals surface area (Å²) in [4.78, 5) is 11.5. The van der Waals surface area contributed by atoms with E-state index in [-0.39, 0.29) is 24.6 Å². The normalized spacial score (nSPS) is 25.2. The zero-order valence-corrected chi connectivity index (χ0v) is 8.56. The molecule has 1 rings (SSSR count). The average molecular weight is 204 g/mol. The summed E-state index contributed by atoms with van der Waals surface area (Å²) < 4.78 is 0. The van der Waals surface area contributed by atoms with Crippen LogP contribution in [0.5, 0.6) is 0 Å². The Morgan fingerprint density at radius 3 is 3.15 bits per heavy atom. The van der Waals surface area contributed by atoms with E-state index in [1.165, 1.54) is 0 Å². The molecule has 1 heterocycles. The van der Waals surface area contributed by atoms with Crippen molar-refractivity contribution in [2.75, 3.05) is 24.7 Å². The second-order valence-electron chi connectivity index (χ2n) is 3.17. The zero-order valence-electron chi connectivity index (χ0n) is 7.75. The van der Waals surface area contributed by atoms with Crippen LogP contribution in [0, 0.1) is 0 Å². The number of aliphatic hydroxyl groups excluding tert-OH is 1. The zero-order chi connectivity index (χ0) is 9.68. The summed E-state index contributed by atoms with van der Waals surface area (Å²) in [5.74, 6) is 1.89. The number of aliphatic hydroxyl groups is 1. The van der Waals surface area contributed by atoms with E-state index in [2.05, 4.69) is 10.6 Å². The molecule has 1 amide bonds. The average Bonchev–Trinajstić information content (AvgIpc) is 2.19. The second-order valence-corrected chi connectivity index (χ2v) is 4.32. The monoisotopic (exact) mass is 204 g/mol. The number of nitrogens with one attached hydrogen (secondary N) is 2. The molecule has 13 heavy (non-hydrogen) atoms. The van der Waals surface area contributed by atoms with E-state index in [1.807, 2.05) is 0 Å². The van der Waals surface area contributed by atoms with Crippen LogP contribution in [0.3, 0.4) is 0 Å². The molecule has 0 aromatic carbocycles. The lowest BCUT2D eigenvalue weighted by Gasteiger charge is -2.23. The van der Waals surface area contributed by atoms with Gasteiger partial charge in [0.25, 0.3) is 0 Å². The van der Waals surface area contributed by atoms with Crippen molar-refractivity contribution in [1.82, 2.24) is 10.6 Å². The fraction of sp³-hybridized carbons (Fsp3) is 0.875. The summed E-state index contributed by atoms with van der Waals surface area (Å²) in [6, 6.07) is -0.242. The predicted octanol–water partition coefficient (Wildman–Crippen LogP) is -0.812. The van der Waals surface area contributed by atoms with E-state index >= 15 is 0 Å². The Hall–Kier alpha value is -0.260. The van der Waals surface area contributed by atoms with Gasteiger partial charge >= 0.3 is 0 Å². The summed E-state index contributed by atoms with van der Waals surface area (Å²) in [7, 11) is 0. The molecular formula is C8H16N2O2S. The number of hydrogen-bond acceptors (Lipinski definition) is 4. The Balaban J connectivity index is 2.29. The first kappa shape index (κ1) is 10.8. The maximum Gasteiger partial charge on any atom is 0.238 e. The predicted molar refractivity (Wildman–Crippen MR) is 53.8 cm³/mol. The van der Waals surface area contributed by atoms with Crippen LogP contribution in [0.25, 0.3) is 0 Å². The van der Waals surface area contributed by atoms with Gasteiger partial charge in [0.2, 0.25) is 5.91 Å². The lowest BCUT2D eigenvalue weighted by Crippen LogP contribution is -2.51. The Kier molecular flexibility index (Phi) is 4.55. The van der Waals surface area contributed by atoms with Crippen molar-refractivity contribution in [3.63, 3.8) is 0 Å². The lowest BCUT2D eigenvalue weighted by molar-refractivity contribution is -0.123. The number of rotatable bonds is 3. The molecule has 0 aliphatic carbocycles. The third-order valence-corrected chi connectivity index (χ3v) is 2.96. The fourth-order valence-corrected chi connectivity index (χ4v) is 2.06. The molecular weight excluding hydrogens is 188 g/mol. The number of hydrogen-bond donors (Lipinski definition) is 3. The van der Waals surface area contributed by atoms with Gasteiger partial charge in [-0.2, -0.15) is 11.8 Å². The van der Waals surface area contributed by atoms with Gasteiger partial charge in [0.15, 0.2) is 0 Å². The molecule has 4 nitrogen and oxygen atoms in total. The Labute approximate surface area is 82.5 Å². The molecule has 3 N–H and O–H groups in total. The molecule has 0 bridgehead atoms. The van der Waals surface area contributed by atoms with E-state index < -0.39 is 0 Å². The van der Waals surface area contributed by atoms with Crippen LogP contribution in [0.4, 0.5) is 0 Å². The van der Waals surface area contributed by atoms with Gasteiger partial charge in [-0.05, 0) is 6.92 Å². The first-order valence-corrected chi connectivity index (χ1v) is 5.62. The number of amides is 1. The van der Waals surface area contributed by atoms with Crippen molar-refractivity contribution < 1.29 is 9.90 Å². The van der Waals surface area contributed by atoms with E-state index in [1.54, 1.807) is 18.7 Å². The van der Waals surface area contributed by atoms with Crippen molar-refractivity contribution >= 4 is 17.7 Å². The van der Waals surface area contributed by atoms with Crippen LogP contribution in [0.1, 0.15) is 6.92 Å². The highest BCUT2D eigenvalue weighted by atomic mass is 32.2. The molecule has 2 atom stereocenters. The summed E-state index contributed by atoms with van der Waals surface area (Å²) in [5.41, 5.74) is 0. The molecule has 1 aliphatic rings. The van der Waals surface area contributed by atoms with Crippen molar-refractivity contribution in [3.8, 4) is 0 Å². The molecule has 76 valence electrons. The van der Waals surface area contributed by atoms with Crippen molar-refractivity contribution in [1.29, 1.82) is 0 Å². The van der Waals surface area contributed by atoms with Gasteiger partial charge in [-0.25, -0.2) is 0 Å². The summed E-state index contributed by atoms with van der Waals surface area (Å²) in [6.45, 7) is 2.66. The minimum absolute atomic E-state index is 0.00579. The number of thioether (sulfide) groups is 1. The van der Waals surface area contributed by atoms with Crippen LogP contribution >= 0.6 is 11.8 Å². The topological polar surface area (TPSA) is 61.4 Å².